The molecule has 2 aliphatic rings. The Labute approximate surface area is 365 Å². The van der Waals surface area contributed by atoms with E-state index in [0.29, 0.717) is 43.7 Å². The van der Waals surface area contributed by atoms with Gasteiger partial charge in [0.25, 0.3) is 0 Å². The largest absolute Gasteiger partial charge is 0.453 e. The Morgan fingerprint density at radius 3 is 1.73 bits per heavy atom. The maximum Gasteiger partial charge on any atom is 0.407 e. The summed E-state index contributed by atoms with van der Waals surface area (Å²) >= 11 is 0. The molecule has 0 saturated carbocycles. The predicted molar refractivity (Wildman–Crippen MR) is 238 cm³/mol. The van der Waals surface area contributed by atoms with Crippen LogP contribution >= 0.6 is 0 Å². The lowest BCUT2D eigenvalue weighted by molar-refractivity contribution is -0.139. The number of aryl methyl sites for hydroxylation is 1. The Kier molecular flexibility index (Phi) is 16.4. The number of carbonyl (C=O) groups excluding carboxylic acids is 6. The van der Waals surface area contributed by atoms with Gasteiger partial charge < -0.3 is 45.4 Å². The van der Waals surface area contributed by atoms with Crippen LogP contribution in [-0.4, -0.2) is 97.6 Å². The molecular formula is C47H63N7O8. The first-order valence-electron chi connectivity index (χ1n) is 21.6. The Morgan fingerprint density at radius 2 is 1.23 bits per heavy atom. The Hall–Kier alpha value is -6.12. The Bertz CT molecular complexity index is 2020. The fourth-order valence-electron chi connectivity index (χ4n) is 8.33. The number of nitrogens with zero attached hydrogens (tertiary/aromatic N) is 3. The van der Waals surface area contributed by atoms with Crippen molar-refractivity contribution in [3.8, 4) is 0 Å². The molecule has 5 atom stereocenters. The van der Waals surface area contributed by atoms with Gasteiger partial charge in [0, 0.05) is 30.2 Å². The summed E-state index contributed by atoms with van der Waals surface area (Å²) < 4.78 is 9.44. The smallest absolute Gasteiger partial charge is 0.407 e. The third-order valence-electron chi connectivity index (χ3n) is 11.6. The van der Waals surface area contributed by atoms with Crippen LogP contribution in [0.3, 0.4) is 0 Å². The minimum absolute atomic E-state index is 0.0361. The maximum atomic E-state index is 13.6. The molecule has 0 bridgehead atoms. The zero-order chi connectivity index (χ0) is 45.1. The average Bonchev–Trinajstić information content (AvgIpc) is 3.93. The van der Waals surface area contributed by atoms with Crippen LogP contribution in [0.2, 0.25) is 0 Å². The number of hydrogen-bond donors (Lipinski definition) is 4. The minimum Gasteiger partial charge on any atom is -0.453 e. The van der Waals surface area contributed by atoms with Gasteiger partial charge in [-0.25, -0.2) is 9.59 Å². The van der Waals surface area contributed by atoms with Crippen molar-refractivity contribution in [3.05, 3.63) is 89.5 Å². The minimum atomic E-state index is -0.832. The third-order valence-corrected chi connectivity index (χ3v) is 11.6. The van der Waals surface area contributed by atoms with E-state index in [-0.39, 0.29) is 54.1 Å². The van der Waals surface area contributed by atoms with Crippen molar-refractivity contribution in [1.82, 2.24) is 20.4 Å². The Balaban J connectivity index is 1.27. The van der Waals surface area contributed by atoms with Crippen molar-refractivity contribution >= 4 is 52.9 Å². The highest BCUT2D eigenvalue weighted by atomic mass is 16.5. The summed E-state index contributed by atoms with van der Waals surface area (Å²) in [4.78, 5) is 83.2. The van der Waals surface area contributed by atoms with Gasteiger partial charge in [0.05, 0.1) is 32.8 Å². The molecule has 5 unspecified atom stereocenters. The van der Waals surface area contributed by atoms with Gasteiger partial charge in [0.2, 0.25) is 23.6 Å². The topological polar surface area (TPSA) is 179 Å². The summed E-state index contributed by atoms with van der Waals surface area (Å²) in [6, 6.07) is 21.9. The first-order chi connectivity index (χ1) is 29.6. The number of hydrogen-bond acceptors (Lipinski definition) is 9. The fraction of sp³-hybridized carbons (Fsp3) is 0.489. The second-order valence-corrected chi connectivity index (χ2v) is 16.8. The Morgan fingerprint density at radius 1 is 0.710 bits per heavy atom. The van der Waals surface area contributed by atoms with E-state index in [2.05, 4.69) is 57.4 Å². The number of ether oxygens (including phenoxy) is 2. The van der Waals surface area contributed by atoms with Gasteiger partial charge >= 0.3 is 12.2 Å². The van der Waals surface area contributed by atoms with Gasteiger partial charge in [-0.3, -0.25) is 19.2 Å². The summed E-state index contributed by atoms with van der Waals surface area (Å²) in [5.74, 6) is -1.68. The summed E-state index contributed by atoms with van der Waals surface area (Å²) in [6.45, 7) is 11.9. The number of amides is 6. The molecule has 62 heavy (non-hydrogen) atoms. The van der Waals surface area contributed by atoms with E-state index < -0.39 is 30.3 Å². The zero-order valence-corrected chi connectivity index (χ0v) is 37.2. The van der Waals surface area contributed by atoms with Crippen molar-refractivity contribution < 1.29 is 38.2 Å². The molecule has 5 rings (SSSR count). The molecule has 0 aliphatic carbocycles. The van der Waals surface area contributed by atoms with E-state index in [0.717, 1.165) is 35.2 Å². The van der Waals surface area contributed by atoms with E-state index in [9.17, 15) is 28.8 Å². The van der Waals surface area contributed by atoms with Crippen LogP contribution < -0.4 is 26.2 Å². The molecule has 6 amide bonds. The monoisotopic (exact) mass is 853 g/mol. The van der Waals surface area contributed by atoms with Crippen LogP contribution in [0, 0.1) is 18.8 Å². The predicted octanol–water partition coefficient (Wildman–Crippen LogP) is 6.95. The van der Waals surface area contributed by atoms with Crippen molar-refractivity contribution in [2.24, 2.45) is 11.8 Å². The number of anilines is 3. The lowest BCUT2D eigenvalue weighted by Crippen LogP contribution is -2.54. The standard InChI is InChI=1S/C47H63N7O8/c1-9-26-52(44(57)41(29(2)3)50-46(59)61-7)28-40(55)48-34-18-14-32(15-19-34)37-24-25-38(54(37)36-22-12-31(6)13-23-36)33-16-20-35(21-17-33)49-43(56)39-11-10-27-53(39)45(58)42(30(4)5)51-47(60)62-8/h12-23,29-30,37-39,41-42H,9-11,24-28H2,1-8H3,(H,48,55)(H,49,56)(H,50,59)(H,51,60). The number of likely N-dealkylation sites (tertiary alicyclic amines) is 1. The quantitative estimate of drug-likeness (QED) is 0.119. The van der Waals surface area contributed by atoms with Crippen LogP contribution in [0.1, 0.15) is 95.5 Å². The average molecular weight is 854 g/mol. The molecule has 4 N–H and O–H groups in total. The highest BCUT2D eigenvalue weighted by molar-refractivity contribution is 5.99. The van der Waals surface area contributed by atoms with Crippen LogP contribution in [-0.2, 0) is 28.7 Å². The van der Waals surface area contributed by atoms with E-state index >= 15 is 0 Å². The lowest BCUT2D eigenvalue weighted by atomic mass is 10.0. The molecule has 15 heteroatoms. The second-order valence-electron chi connectivity index (χ2n) is 16.8. The van der Waals surface area contributed by atoms with E-state index in [1.54, 1.807) is 4.90 Å². The summed E-state index contributed by atoms with van der Waals surface area (Å²) in [7, 11) is 2.49. The molecule has 3 aromatic carbocycles. The van der Waals surface area contributed by atoms with E-state index in [1.807, 2.05) is 83.1 Å². The molecule has 15 nitrogen and oxygen atoms in total. The zero-order valence-electron chi connectivity index (χ0n) is 37.2. The molecular weight excluding hydrogens is 791 g/mol. The first kappa shape index (κ1) is 46.9. The molecule has 334 valence electrons. The molecule has 2 fully saturated rings. The van der Waals surface area contributed by atoms with Gasteiger partial charge in [-0.15, -0.1) is 0 Å². The lowest BCUT2D eigenvalue weighted by Gasteiger charge is -2.33. The number of alkyl carbamates (subject to hydrolysis) is 2. The normalized spacial score (nSPS) is 18.2. The van der Waals surface area contributed by atoms with Crippen molar-refractivity contribution in [2.45, 2.75) is 104 Å². The number of nitrogens with one attached hydrogen (secondary N) is 4. The first-order valence-corrected chi connectivity index (χ1v) is 21.6. The molecule has 0 aromatic heterocycles. The maximum absolute atomic E-state index is 13.6. The second kappa shape index (κ2) is 21.6. The molecule has 2 heterocycles. The van der Waals surface area contributed by atoms with Gasteiger partial charge in [-0.1, -0.05) is 76.6 Å². The van der Waals surface area contributed by atoms with Gasteiger partial charge in [-0.2, -0.15) is 0 Å². The summed E-state index contributed by atoms with van der Waals surface area (Å²) in [5.41, 5.74) is 5.64. The van der Waals surface area contributed by atoms with Gasteiger partial charge in [0.1, 0.15) is 18.1 Å². The van der Waals surface area contributed by atoms with Crippen LogP contribution in [0.25, 0.3) is 0 Å². The van der Waals surface area contributed by atoms with Crippen LogP contribution in [0.4, 0.5) is 26.7 Å². The number of rotatable bonds is 16. The van der Waals surface area contributed by atoms with Crippen molar-refractivity contribution in [1.29, 1.82) is 0 Å². The molecule has 2 saturated heterocycles. The molecule has 2 aliphatic heterocycles. The highest BCUT2D eigenvalue weighted by Gasteiger charge is 2.39. The molecule has 0 radical (unpaired) electrons. The SMILES string of the molecule is CCCN(CC(=O)Nc1ccc(C2CCC(c3ccc(NC(=O)C4CCCN4C(=O)C(NC(=O)OC)C(C)C)cc3)N2c2ccc(C)cc2)cc1)C(=O)C(NC(=O)OC)C(C)C. The fourth-order valence-corrected chi connectivity index (χ4v) is 8.33. The van der Waals surface area contributed by atoms with E-state index in [4.69, 9.17) is 9.47 Å². The number of carbonyl (C=O) groups is 6. The van der Waals surface area contributed by atoms with Crippen molar-refractivity contribution in [2.75, 3.05) is 49.4 Å². The number of methoxy groups -OCH3 is 2. The van der Waals surface area contributed by atoms with Crippen LogP contribution in [0.15, 0.2) is 72.8 Å². The van der Waals surface area contributed by atoms with E-state index in [1.165, 1.54) is 19.1 Å². The van der Waals surface area contributed by atoms with Crippen molar-refractivity contribution in [3.63, 3.8) is 0 Å². The molecule has 0 spiro atoms. The molecule has 3 aromatic rings. The number of benzene rings is 3. The highest BCUT2D eigenvalue weighted by Crippen LogP contribution is 2.47. The summed E-state index contributed by atoms with van der Waals surface area (Å²) in [6.07, 6.45) is 2.20. The van der Waals surface area contributed by atoms with Gasteiger partial charge in [0.15, 0.2) is 0 Å². The third kappa shape index (κ3) is 11.6. The summed E-state index contributed by atoms with van der Waals surface area (Å²) in [5, 5.41) is 11.2. The van der Waals surface area contributed by atoms with Crippen LogP contribution in [0.5, 0.6) is 0 Å². The van der Waals surface area contributed by atoms with Gasteiger partial charge in [-0.05, 0) is 98.4 Å².